The second kappa shape index (κ2) is 10.4. The number of amides is 1. The van der Waals surface area contributed by atoms with Crippen molar-refractivity contribution in [2.24, 2.45) is 11.7 Å². The van der Waals surface area contributed by atoms with Crippen molar-refractivity contribution in [2.75, 3.05) is 6.54 Å². The van der Waals surface area contributed by atoms with Gasteiger partial charge in [0.05, 0.1) is 15.6 Å². The number of aryl methyl sites for hydroxylation is 1. The van der Waals surface area contributed by atoms with Crippen LogP contribution in [0.4, 0.5) is 4.39 Å². The summed E-state index contributed by atoms with van der Waals surface area (Å²) in [6, 6.07) is 6.81. The number of halogens is 1. The first-order valence-electron chi connectivity index (χ1n) is 13.3. The number of carbonyl (C=O) groups excluding carboxylic acids is 1. The highest BCUT2D eigenvalue weighted by Crippen LogP contribution is 2.47. The minimum atomic E-state index is -0.932. The lowest BCUT2D eigenvalue weighted by Gasteiger charge is -2.29. The molecule has 2 saturated carbocycles. The SMILES string of the molecule is Cc1nc2sccn2c1C(=O)O.NC[C@@H]1C[C@@H]2CCC[C@@H]2N1C(=O)c1nc(C2CC2)sc1-c1ccc(F)cc1. The van der Waals surface area contributed by atoms with Gasteiger partial charge >= 0.3 is 5.97 Å². The molecule has 1 aliphatic heterocycles. The molecule has 3 aromatic heterocycles. The lowest BCUT2D eigenvalue weighted by Crippen LogP contribution is -2.44. The fourth-order valence-electron chi connectivity index (χ4n) is 5.98. The van der Waals surface area contributed by atoms with E-state index >= 15 is 0 Å². The van der Waals surface area contributed by atoms with Crippen molar-refractivity contribution in [3.63, 3.8) is 0 Å². The molecule has 7 rings (SSSR count). The fourth-order valence-corrected chi connectivity index (χ4v) is 7.97. The fraction of sp³-hybridized carbons (Fsp3) is 0.429. The van der Waals surface area contributed by atoms with E-state index in [-0.39, 0.29) is 23.5 Å². The Balaban J connectivity index is 0.000000193. The van der Waals surface area contributed by atoms with Gasteiger partial charge in [-0.25, -0.2) is 19.2 Å². The van der Waals surface area contributed by atoms with Crippen LogP contribution in [0.25, 0.3) is 15.4 Å². The lowest BCUT2D eigenvalue weighted by molar-refractivity contribution is 0.0658. The molecule has 0 spiro atoms. The van der Waals surface area contributed by atoms with Gasteiger partial charge in [0, 0.05) is 36.1 Å². The molecule has 3 N–H and O–H groups in total. The van der Waals surface area contributed by atoms with Crippen LogP contribution in [0, 0.1) is 18.7 Å². The highest BCUT2D eigenvalue weighted by atomic mass is 32.1. The number of rotatable bonds is 5. The Morgan fingerprint density at radius 2 is 1.92 bits per heavy atom. The van der Waals surface area contributed by atoms with Crippen molar-refractivity contribution in [1.29, 1.82) is 0 Å². The van der Waals surface area contributed by atoms with E-state index in [0.29, 0.717) is 35.8 Å². The minimum absolute atomic E-state index is 0.0160. The van der Waals surface area contributed by atoms with E-state index in [1.54, 1.807) is 41.0 Å². The number of nitrogens with two attached hydrogens (primary N) is 1. The Kier molecular flexibility index (Phi) is 6.98. The number of likely N-dealkylation sites (tertiary alicyclic amines) is 1. The molecule has 8 nitrogen and oxygen atoms in total. The summed E-state index contributed by atoms with van der Waals surface area (Å²) in [5.74, 6) is -0.118. The third kappa shape index (κ3) is 4.87. The topological polar surface area (TPSA) is 114 Å². The molecule has 39 heavy (non-hydrogen) atoms. The van der Waals surface area contributed by atoms with Gasteiger partial charge in [-0.2, -0.15) is 0 Å². The van der Waals surface area contributed by atoms with E-state index in [0.717, 1.165) is 46.1 Å². The number of carbonyl (C=O) groups is 2. The standard InChI is InChI=1S/C21H24FN3OS.C7H6N2O2S/c22-15-8-6-12(7-9-15)19-18(24-20(27-19)13-4-5-13)21(26)25-16(11-23)10-14-2-1-3-17(14)25;1-4-5(6(10)11)9-2-3-12-7(9)8-4/h6-9,13-14,16-17H,1-5,10-11,23H2;2-3H,1H3,(H,10,11)/t14-,16-,17-;/m0./s1. The highest BCUT2D eigenvalue weighted by molar-refractivity contribution is 7.15. The van der Waals surface area contributed by atoms with Crippen molar-refractivity contribution in [3.8, 4) is 10.4 Å². The van der Waals surface area contributed by atoms with Gasteiger partial charge < -0.3 is 15.7 Å². The summed E-state index contributed by atoms with van der Waals surface area (Å²) in [7, 11) is 0. The zero-order valence-corrected chi connectivity index (χ0v) is 23.2. The predicted octanol–water partition coefficient (Wildman–Crippen LogP) is 5.57. The maximum atomic E-state index is 13.6. The maximum Gasteiger partial charge on any atom is 0.354 e. The summed E-state index contributed by atoms with van der Waals surface area (Å²) in [6.07, 6.45) is 8.46. The number of benzene rings is 1. The first-order chi connectivity index (χ1) is 18.9. The smallest absolute Gasteiger partial charge is 0.354 e. The third-order valence-corrected chi connectivity index (χ3v) is 9.99. The highest BCUT2D eigenvalue weighted by Gasteiger charge is 2.46. The molecule has 2 aliphatic carbocycles. The molecule has 4 aromatic rings. The number of thiazole rings is 2. The first kappa shape index (κ1) is 26.1. The Hall–Kier alpha value is -3.15. The summed E-state index contributed by atoms with van der Waals surface area (Å²) >= 11 is 3.03. The number of fused-ring (bicyclic) bond motifs is 2. The van der Waals surface area contributed by atoms with Crippen LogP contribution >= 0.6 is 22.7 Å². The Labute approximate surface area is 233 Å². The summed E-state index contributed by atoms with van der Waals surface area (Å²) in [5, 5.41) is 11.7. The molecule has 0 radical (unpaired) electrons. The van der Waals surface area contributed by atoms with Crippen LogP contribution in [-0.4, -0.2) is 54.9 Å². The summed E-state index contributed by atoms with van der Waals surface area (Å²) in [6.45, 7) is 2.20. The normalized spacial score (nSPS) is 22.1. The largest absolute Gasteiger partial charge is 0.477 e. The molecule has 1 aromatic carbocycles. The number of aromatic carboxylic acids is 1. The number of carboxylic acid groups (broad SMARTS) is 1. The zero-order chi connectivity index (χ0) is 27.3. The van der Waals surface area contributed by atoms with Gasteiger partial charge in [-0.15, -0.1) is 22.7 Å². The van der Waals surface area contributed by atoms with Crippen LogP contribution in [0.3, 0.4) is 0 Å². The summed E-state index contributed by atoms with van der Waals surface area (Å²) in [4.78, 5) is 36.9. The maximum absolute atomic E-state index is 13.6. The van der Waals surface area contributed by atoms with Crippen LogP contribution in [0.5, 0.6) is 0 Å². The van der Waals surface area contributed by atoms with Gasteiger partial charge in [0.1, 0.15) is 11.5 Å². The van der Waals surface area contributed by atoms with Crippen LogP contribution in [0.1, 0.15) is 76.1 Å². The van der Waals surface area contributed by atoms with E-state index in [2.05, 4.69) is 4.98 Å². The van der Waals surface area contributed by atoms with Crippen LogP contribution in [0.2, 0.25) is 0 Å². The van der Waals surface area contributed by atoms with E-state index in [4.69, 9.17) is 15.8 Å². The molecule has 0 unspecified atom stereocenters. The van der Waals surface area contributed by atoms with Gasteiger partial charge in [0.15, 0.2) is 10.7 Å². The van der Waals surface area contributed by atoms with Crippen LogP contribution < -0.4 is 5.73 Å². The Bertz CT molecular complexity index is 1520. The van der Waals surface area contributed by atoms with Crippen LogP contribution in [0.15, 0.2) is 35.8 Å². The Morgan fingerprint density at radius 3 is 2.62 bits per heavy atom. The molecule has 3 aliphatic rings. The lowest BCUT2D eigenvalue weighted by atomic mass is 10.0. The number of carboxylic acids is 1. The zero-order valence-electron chi connectivity index (χ0n) is 21.5. The van der Waals surface area contributed by atoms with E-state index in [1.165, 1.54) is 36.3 Å². The number of imidazole rings is 1. The molecular formula is C28H30FN5O3S2. The third-order valence-electron chi connectivity index (χ3n) is 7.97. The molecule has 204 valence electrons. The average Bonchev–Trinajstić information content (AvgIpc) is 3.30. The van der Waals surface area contributed by atoms with E-state index in [1.807, 2.05) is 10.3 Å². The number of nitrogens with zero attached hydrogens (tertiary/aromatic N) is 4. The molecule has 3 atom stereocenters. The first-order valence-corrected chi connectivity index (χ1v) is 15.0. The van der Waals surface area contributed by atoms with E-state index < -0.39 is 5.97 Å². The van der Waals surface area contributed by atoms with Crippen molar-refractivity contribution in [1.82, 2.24) is 19.3 Å². The second-order valence-corrected chi connectivity index (χ2v) is 12.4. The van der Waals surface area contributed by atoms with Gasteiger partial charge in [-0.3, -0.25) is 9.20 Å². The van der Waals surface area contributed by atoms with E-state index in [9.17, 15) is 14.0 Å². The second-order valence-electron chi connectivity index (χ2n) is 10.5. The number of hydrogen-bond acceptors (Lipinski definition) is 7. The molecule has 11 heteroatoms. The van der Waals surface area contributed by atoms with Crippen LogP contribution in [-0.2, 0) is 0 Å². The molecule has 1 amide bonds. The average molecular weight is 568 g/mol. The minimum Gasteiger partial charge on any atom is -0.477 e. The van der Waals surface area contributed by atoms with Crippen molar-refractivity contribution < 1.29 is 19.1 Å². The Morgan fingerprint density at radius 1 is 1.15 bits per heavy atom. The van der Waals surface area contributed by atoms with Gasteiger partial charge in [0.2, 0.25) is 0 Å². The summed E-state index contributed by atoms with van der Waals surface area (Å²) in [5.41, 5.74) is 8.25. The number of hydrogen-bond donors (Lipinski definition) is 2. The van der Waals surface area contributed by atoms with Crippen molar-refractivity contribution in [3.05, 3.63) is 63.7 Å². The molecule has 1 saturated heterocycles. The van der Waals surface area contributed by atoms with Gasteiger partial charge in [-0.05, 0) is 62.6 Å². The number of aromatic nitrogens is 3. The van der Waals surface area contributed by atoms with Crippen molar-refractivity contribution in [2.45, 2.75) is 63.5 Å². The van der Waals surface area contributed by atoms with Crippen molar-refractivity contribution >= 4 is 39.5 Å². The van der Waals surface area contributed by atoms with Gasteiger partial charge in [0.25, 0.3) is 5.91 Å². The molecular weight excluding hydrogens is 537 g/mol. The predicted molar refractivity (Wildman–Crippen MR) is 149 cm³/mol. The summed E-state index contributed by atoms with van der Waals surface area (Å²) < 4.78 is 15.0. The quantitative estimate of drug-likeness (QED) is 0.326. The van der Waals surface area contributed by atoms with Gasteiger partial charge in [-0.1, -0.05) is 18.6 Å². The monoisotopic (exact) mass is 567 g/mol. The molecule has 4 heterocycles. The molecule has 3 fully saturated rings. The molecule has 0 bridgehead atoms.